The van der Waals surface area contributed by atoms with Gasteiger partial charge in [0.1, 0.15) is 0 Å². The third-order valence-electron chi connectivity index (χ3n) is 6.51. The van der Waals surface area contributed by atoms with Crippen molar-refractivity contribution in [1.29, 1.82) is 0 Å². The van der Waals surface area contributed by atoms with E-state index in [1.54, 1.807) is 0 Å². The normalized spacial score (nSPS) is 13.0. The fourth-order valence-electron chi connectivity index (χ4n) is 4.57. The lowest BCUT2D eigenvalue weighted by molar-refractivity contribution is 0.925. The lowest BCUT2D eigenvalue weighted by Crippen LogP contribution is -2.03. The number of hydrogen-bond acceptors (Lipinski definition) is 4. The van der Waals surface area contributed by atoms with Gasteiger partial charge in [0, 0.05) is 0 Å². The van der Waals surface area contributed by atoms with E-state index in [1.165, 1.54) is 33.4 Å². The highest BCUT2D eigenvalue weighted by atomic mass is 14.7. The van der Waals surface area contributed by atoms with Crippen molar-refractivity contribution in [2.24, 2.45) is 0 Å². The van der Waals surface area contributed by atoms with E-state index in [4.69, 9.17) is 22.9 Å². The van der Waals surface area contributed by atoms with Crippen LogP contribution in [0.2, 0.25) is 0 Å². The number of nitrogens with two attached hydrogens (primary N) is 4. The van der Waals surface area contributed by atoms with Crippen LogP contribution in [0.4, 0.5) is 22.7 Å². The van der Waals surface area contributed by atoms with Gasteiger partial charge in [-0.05, 0) is 94.5 Å². The van der Waals surface area contributed by atoms with Crippen molar-refractivity contribution in [2.75, 3.05) is 22.9 Å². The number of nitrogen functional groups attached to an aromatic ring is 4. The van der Waals surface area contributed by atoms with Crippen LogP contribution in [0.25, 0.3) is 22.3 Å². The van der Waals surface area contributed by atoms with Crippen LogP contribution in [0.5, 0.6) is 0 Å². The Kier molecular flexibility index (Phi) is 4.98. The van der Waals surface area contributed by atoms with Crippen molar-refractivity contribution in [1.82, 2.24) is 0 Å². The Hall–Kier alpha value is -3.92. The third kappa shape index (κ3) is 3.76. The van der Waals surface area contributed by atoms with E-state index >= 15 is 0 Å². The smallest absolute Gasteiger partial charge is 0.0554 e. The molecule has 4 aliphatic carbocycles. The SMILES string of the molecule is Nc1ccc(-c2cc3ccc2CCc2ccc(c(-c4ccc(N)c(N)c4)c2)CC3)cc1N. The molecule has 0 spiro atoms. The van der Waals surface area contributed by atoms with Crippen molar-refractivity contribution in [3.8, 4) is 22.3 Å². The van der Waals surface area contributed by atoms with E-state index in [1.807, 2.05) is 24.3 Å². The molecule has 4 nitrogen and oxygen atoms in total. The fourth-order valence-corrected chi connectivity index (χ4v) is 4.57. The van der Waals surface area contributed by atoms with Gasteiger partial charge in [0.2, 0.25) is 0 Å². The molecule has 8 N–H and O–H groups in total. The van der Waals surface area contributed by atoms with Crippen LogP contribution >= 0.6 is 0 Å². The Bertz CT molecular complexity index is 1220. The average molecular weight is 421 g/mol. The minimum absolute atomic E-state index is 0.622. The summed E-state index contributed by atoms with van der Waals surface area (Å²) in [7, 11) is 0. The summed E-state index contributed by atoms with van der Waals surface area (Å²) in [5, 5.41) is 0. The maximum absolute atomic E-state index is 6.11. The molecule has 160 valence electrons. The quantitative estimate of drug-likeness (QED) is 0.333. The second kappa shape index (κ2) is 7.97. The Labute approximate surface area is 188 Å². The maximum atomic E-state index is 6.11. The molecule has 0 aromatic heterocycles. The van der Waals surface area contributed by atoms with Crippen molar-refractivity contribution in [3.05, 3.63) is 95.1 Å². The van der Waals surface area contributed by atoms with Gasteiger partial charge >= 0.3 is 0 Å². The molecule has 32 heavy (non-hydrogen) atoms. The summed E-state index contributed by atoms with van der Waals surface area (Å²) in [5.74, 6) is 0. The van der Waals surface area contributed by atoms with Gasteiger partial charge in [-0.1, -0.05) is 48.5 Å². The predicted molar refractivity (Wildman–Crippen MR) is 136 cm³/mol. The van der Waals surface area contributed by atoms with Gasteiger partial charge in [-0.25, -0.2) is 0 Å². The van der Waals surface area contributed by atoms with Gasteiger partial charge in [0.25, 0.3) is 0 Å². The Morgan fingerprint density at radius 1 is 0.406 bits per heavy atom. The molecule has 0 saturated heterocycles. The van der Waals surface area contributed by atoms with Gasteiger partial charge in [0.05, 0.1) is 22.7 Å². The van der Waals surface area contributed by atoms with Crippen LogP contribution in [-0.2, 0) is 25.7 Å². The van der Waals surface area contributed by atoms with Crippen molar-refractivity contribution >= 4 is 22.7 Å². The monoisotopic (exact) mass is 420 g/mol. The molecule has 8 rings (SSSR count). The first-order chi connectivity index (χ1) is 15.5. The molecule has 0 radical (unpaired) electrons. The predicted octanol–water partition coefficient (Wildman–Crippen LogP) is 5.23. The summed E-state index contributed by atoms with van der Waals surface area (Å²) in [6, 6.07) is 25.6. The van der Waals surface area contributed by atoms with Crippen LogP contribution in [0.15, 0.2) is 72.8 Å². The van der Waals surface area contributed by atoms with Crippen LogP contribution < -0.4 is 22.9 Å². The zero-order chi connectivity index (χ0) is 22.2. The molecule has 0 atom stereocenters. The first-order valence-corrected chi connectivity index (χ1v) is 11.0. The highest BCUT2D eigenvalue weighted by Gasteiger charge is 2.14. The summed E-state index contributed by atoms with van der Waals surface area (Å²) < 4.78 is 0. The van der Waals surface area contributed by atoms with Crippen LogP contribution in [-0.4, -0.2) is 0 Å². The zero-order valence-electron chi connectivity index (χ0n) is 18.1. The minimum atomic E-state index is 0.622. The first-order valence-electron chi connectivity index (χ1n) is 11.0. The van der Waals surface area contributed by atoms with Crippen LogP contribution in [0.1, 0.15) is 22.3 Å². The summed E-state index contributed by atoms with van der Waals surface area (Å²) in [6.07, 6.45) is 3.80. The van der Waals surface area contributed by atoms with E-state index in [9.17, 15) is 0 Å². The topological polar surface area (TPSA) is 104 Å². The van der Waals surface area contributed by atoms with Crippen LogP contribution in [0.3, 0.4) is 0 Å². The Morgan fingerprint density at radius 2 is 0.844 bits per heavy atom. The number of aryl methyl sites for hydroxylation is 4. The fraction of sp³-hybridized carbons (Fsp3) is 0.143. The molecule has 0 fully saturated rings. The standard InChI is InChI=1S/C28H28N4/c29-25-11-9-21(15-27(25)31)23-13-17-1-5-19(23)8-4-18-2-6-20(7-3-17)24(14-18)22-10-12-26(30)28(32)16-22/h1-2,5-6,9-16H,3-4,7-8,29-32H2. The summed E-state index contributed by atoms with van der Waals surface area (Å²) in [4.78, 5) is 0. The van der Waals surface area contributed by atoms with Crippen LogP contribution in [0, 0.1) is 0 Å². The van der Waals surface area contributed by atoms with Gasteiger partial charge in [-0.2, -0.15) is 0 Å². The van der Waals surface area contributed by atoms with Gasteiger partial charge in [0.15, 0.2) is 0 Å². The molecule has 0 amide bonds. The number of benzene rings is 4. The molecule has 4 heteroatoms. The molecule has 4 aliphatic rings. The number of hydrogen-bond donors (Lipinski definition) is 4. The Morgan fingerprint density at radius 3 is 1.25 bits per heavy atom. The van der Waals surface area contributed by atoms with E-state index in [-0.39, 0.29) is 0 Å². The van der Waals surface area contributed by atoms with Gasteiger partial charge < -0.3 is 22.9 Å². The minimum Gasteiger partial charge on any atom is -0.397 e. The highest BCUT2D eigenvalue weighted by Crippen LogP contribution is 2.34. The molecule has 0 unspecified atom stereocenters. The third-order valence-corrected chi connectivity index (χ3v) is 6.51. The molecular weight excluding hydrogens is 392 g/mol. The lowest BCUT2D eigenvalue weighted by atomic mass is 9.87. The zero-order valence-corrected chi connectivity index (χ0v) is 18.1. The molecular formula is C28H28N4. The van der Waals surface area contributed by atoms with E-state index < -0.39 is 0 Å². The van der Waals surface area contributed by atoms with E-state index in [0.717, 1.165) is 36.8 Å². The second-order valence-electron chi connectivity index (χ2n) is 8.67. The van der Waals surface area contributed by atoms with E-state index in [0.29, 0.717) is 22.7 Å². The summed E-state index contributed by atoms with van der Waals surface area (Å²) >= 11 is 0. The molecule has 0 saturated carbocycles. The molecule has 0 aliphatic heterocycles. The summed E-state index contributed by atoms with van der Waals surface area (Å²) in [6.45, 7) is 0. The molecule has 4 aromatic rings. The largest absolute Gasteiger partial charge is 0.397 e. The first kappa shape index (κ1) is 20.0. The van der Waals surface area contributed by atoms with Crippen molar-refractivity contribution < 1.29 is 0 Å². The van der Waals surface area contributed by atoms with Gasteiger partial charge in [-0.3, -0.25) is 0 Å². The van der Waals surface area contributed by atoms with E-state index in [2.05, 4.69) is 48.5 Å². The average Bonchev–Trinajstić information content (AvgIpc) is 2.79. The number of anilines is 4. The highest BCUT2D eigenvalue weighted by molar-refractivity contribution is 5.78. The molecule has 4 aromatic carbocycles. The lowest BCUT2D eigenvalue weighted by Gasteiger charge is -2.18. The summed E-state index contributed by atoms with van der Waals surface area (Å²) in [5.41, 5.74) is 36.6. The maximum Gasteiger partial charge on any atom is 0.0554 e. The van der Waals surface area contributed by atoms with Crippen molar-refractivity contribution in [2.45, 2.75) is 25.7 Å². The Balaban J connectivity index is 1.56. The second-order valence-corrected chi connectivity index (χ2v) is 8.67. The van der Waals surface area contributed by atoms with Crippen molar-refractivity contribution in [3.63, 3.8) is 0 Å². The van der Waals surface area contributed by atoms with Gasteiger partial charge in [-0.15, -0.1) is 0 Å². The molecule has 0 heterocycles. The molecule has 4 bridgehead atoms. The number of rotatable bonds is 2.